The summed E-state index contributed by atoms with van der Waals surface area (Å²) in [6.07, 6.45) is 8.08. The second-order valence-corrected chi connectivity index (χ2v) is 8.00. The minimum absolute atomic E-state index is 0.190. The largest absolute Gasteiger partial charge is 0.311 e. The summed E-state index contributed by atoms with van der Waals surface area (Å²) in [6.45, 7) is 10.1. The molecule has 0 bridgehead atoms. The van der Waals surface area contributed by atoms with Gasteiger partial charge in [-0.2, -0.15) is 0 Å². The third-order valence-electron chi connectivity index (χ3n) is 3.88. The topological polar surface area (TPSA) is 12.0 Å². The SMILES string of the molecule is CCCCCCCC(CNC(C)(C)C)c1ccc(Br)cc1. The highest BCUT2D eigenvalue weighted by Gasteiger charge is 2.15. The Bertz CT molecular complexity index is 378. The fourth-order valence-corrected chi connectivity index (χ4v) is 2.81. The lowest BCUT2D eigenvalue weighted by Gasteiger charge is -2.26. The summed E-state index contributed by atoms with van der Waals surface area (Å²) in [5.41, 5.74) is 1.65. The van der Waals surface area contributed by atoms with Crippen LogP contribution in [0.15, 0.2) is 28.7 Å². The first kappa shape index (κ1) is 18.7. The molecule has 0 aliphatic carbocycles. The summed E-state index contributed by atoms with van der Waals surface area (Å²) in [5.74, 6) is 0.624. The van der Waals surface area contributed by atoms with Crippen molar-refractivity contribution in [2.45, 2.75) is 77.7 Å². The first-order valence-corrected chi connectivity index (χ1v) is 9.22. The number of halogens is 1. The van der Waals surface area contributed by atoms with Crippen molar-refractivity contribution in [3.8, 4) is 0 Å². The van der Waals surface area contributed by atoms with Crippen LogP contribution in [0, 0.1) is 0 Å². The van der Waals surface area contributed by atoms with Crippen LogP contribution in [-0.2, 0) is 0 Å². The fourth-order valence-electron chi connectivity index (χ4n) is 2.55. The minimum atomic E-state index is 0.190. The minimum Gasteiger partial charge on any atom is -0.311 e. The van der Waals surface area contributed by atoms with Gasteiger partial charge in [0.1, 0.15) is 0 Å². The highest BCUT2D eigenvalue weighted by molar-refractivity contribution is 9.10. The van der Waals surface area contributed by atoms with Gasteiger partial charge >= 0.3 is 0 Å². The molecule has 1 aromatic rings. The van der Waals surface area contributed by atoms with Gasteiger partial charge in [-0.25, -0.2) is 0 Å². The zero-order valence-electron chi connectivity index (χ0n) is 14.2. The quantitative estimate of drug-likeness (QED) is 0.515. The van der Waals surface area contributed by atoms with Crippen LogP contribution < -0.4 is 5.32 Å². The third kappa shape index (κ3) is 8.63. The first-order chi connectivity index (χ1) is 9.92. The van der Waals surface area contributed by atoms with Gasteiger partial charge in [0.2, 0.25) is 0 Å². The molecule has 2 heteroatoms. The van der Waals surface area contributed by atoms with Crippen molar-refractivity contribution < 1.29 is 0 Å². The molecule has 1 rings (SSSR count). The van der Waals surface area contributed by atoms with Gasteiger partial charge < -0.3 is 5.32 Å². The van der Waals surface area contributed by atoms with E-state index in [1.54, 1.807) is 0 Å². The third-order valence-corrected chi connectivity index (χ3v) is 4.41. The van der Waals surface area contributed by atoms with Crippen molar-refractivity contribution >= 4 is 15.9 Å². The molecule has 1 unspecified atom stereocenters. The molecule has 0 aliphatic rings. The Morgan fingerprint density at radius 1 is 1.00 bits per heavy atom. The highest BCUT2D eigenvalue weighted by Crippen LogP contribution is 2.24. The average molecular weight is 354 g/mol. The normalized spacial score (nSPS) is 13.4. The lowest BCUT2D eigenvalue weighted by atomic mass is 9.92. The van der Waals surface area contributed by atoms with E-state index in [1.807, 2.05) is 0 Å². The van der Waals surface area contributed by atoms with E-state index in [0.717, 1.165) is 11.0 Å². The van der Waals surface area contributed by atoms with E-state index in [9.17, 15) is 0 Å². The molecule has 0 radical (unpaired) electrons. The van der Waals surface area contributed by atoms with Crippen LogP contribution in [0.4, 0.5) is 0 Å². The molecule has 0 spiro atoms. The van der Waals surface area contributed by atoms with Gasteiger partial charge in [-0.3, -0.25) is 0 Å². The molecule has 1 N–H and O–H groups in total. The molecule has 0 amide bonds. The Labute approximate surface area is 140 Å². The number of nitrogens with one attached hydrogen (secondary N) is 1. The molecule has 0 aliphatic heterocycles. The molecular weight excluding hydrogens is 322 g/mol. The van der Waals surface area contributed by atoms with Crippen LogP contribution in [0.3, 0.4) is 0 Å². The smallest absolute Gasteiger partial charge is 0.0175 e. The number of hydrogen-bond donors (Lipinski definition) is 1. The van der Waals surface area contributed by atoms with E-state index in [4.69, 9.17) is 0 Å². The van der Waals surface area contributed by atoms with Crippen LogP contribution in [0.25, 0.3) is 0 Å². The second kappa shape index (κ2) is 9.63. The molecule has 1 atom stereocenters. The zero-order valence-corrected chi connectivity index (χ0v) is 15.8. The predicted octanol–water partition coefficient (Wildman–Crippen LogP) is 6.28. The maximum absolute atomic E-state index is 3.68. The van der Waals surface area contributed by atoms with Gasteiger partial charge in [-0.1, -0.05) is 67.1 Å². The lowest BCUT2D eigenvalue weighted by Crippen LogP contribution is -2.38. The average Bonchev–Trinajstić information content (AvgIpc) is 2.42. The number of hydrogen-bond acceptors (Lipinski definition) is 1. The van der Waals surface area contributed by atoms with Crippen LogP contribution in [0.2, 0.25) is 0 Å². The van der Waals surface area contributed by atoms with E-state index < -0.39 is 0 Å². The first-order valence-electron chi connectivity index (χ1n) is 8.43. The maximum Gasteiger partial charge on any atom is 0.0175 e. The van der Waals surface area contributed by atoms with E-state index in [2.05, 4.69) is 73.2 Å². The molecule has 0 saturated heterocycles. The van der Waals surface area contributed by atoms with E-state index in [-0.39, 0.29) is 5.54 Å². The van der Waals surface area contributed by atoms with Gasteiger partial charge in [0.15, 0.2) is 0 Å². The fraction of sp³-hybridized carbons (Fsp3) is 0.684. The predicted molar refractivity (Wildman–Crippen MR) is 98.0 cm³/mol. The van der Waals surface area contributed by atoms with Crippen molar-refractivity contribution in [1.29, 1.82) is 0 Å². The van der Waals surface area contributed by atoms with Crippen LogP contribution in [-0.4, -0.2) is 12.1 Å². The van der Waals surface area contributed by atoms with Gasteiger partial charge in [-0.15, -0.1) is 0 Å². The molecule has 0 aromatic heterocycles. The summed E-state index contributed by atoms with van der Waals surface area (Å²) in [4.78, 5) is 0. The van der Waals surface area contributed by atoms with E-state index >= 15 is 0 Å². The molecule has 0 heterocycles. The molecule has 1 aromatic carbocycles. The van der Waals surface area contributed by atoms with Crippen molar-refractivity contribution in [3.05, 3.63) is 34.3 Å². The van der Waals surface area contributed by atoms with Crippen molar-refractivity contribution in [1.82, 2.24) is 5.32 Å². The molecule has 1 nitrogen and oxygen atoms in total. The molecule has 120 valence electrons. The molecular formula is C19H32BrN. The van der Waals surface area contributed by atoms with Gasteiger partial charge in [0.05, 0.1) is 0 Å². The monoisotopic (exact) mass is 353 g/mol. The lowest BCUT2D eigenvalue weighted by molar-refractivity contribution is 0.393. The van der Waals surface area contributed by atoms with Crippen LogP contribution in [0.1, 0.15) is 77.7 Å². The summed E-state index contributed by atoms with van der Waals surface area (Å²) in [6, 6.07) is 8.86. The van der Waals surface area contributed by atoms with Crippen LogP contribution in [0.5, 0.6) is 0 Å². The molecule has 0 fully saturated rings. The van der Waals surface area contributed by atoms with Gasteiger partial charge in [0.25, 0.3) is 0 Å². The molecule has 0 saturated carbocycles. The Morgan fingerprint density at radius 2 is 1.62 bits per heavy atom. The Morgan fingerprint density at radius 3 is 2.19 bits per heavy atom. The summed E-state index contributed by atoms with van der Waals surface area (Å²) >= 11 is 3.53. The highest BCUT2D eigenvalue weighted by atomic mass is 79.9. The maximum atomic E-state index is 3.68. The number of benzene rings is 1. The Balaban J connectivity index is 2.55. The van der Waals surface area contributed by atoms with Gasteiger partial charge in [0, 0.05) is 16.6 Å². The van der Waals surface area contributed by atoms with Crippen molar-refractivity contribution in [2.24, 2.45) is 0 Å². The van der Waals surface area contributed by atoms with E-state index in [1.165, 1.54) is 44.1 Å². The Kier molecular flexibility index (Phi) is 8.58. The zero-order chi connectivity index (χ0) is 15.7. The Hall–Kier alpha value is -0.340. The van der Waals surface area contributed by atoms with Crippen LogP contribution >= 0.6 is 15.9 Å². The van der Waals surface area contributed by atoms with E-state index in [0.29, 0.717) is 5.92 Å². The summed E-state index contributed by atoms with van der Waals surface area (Å²) in [7, 11) is 0. The van der Waals surface area contributed by atoms with Gasteiger partial charge in [-0.05, 0) is 50.8 Å². The number of rotatable bonds is 9. The standard InChI is InChI=1S/C19H32BrN/c1-5-6-7-8-9-10-17(15-21-19(2,3)4)16-11-13-18(20)14-12-16/h11-14,17,21H,5-10,15H2,1-4H3. The summed E-state index contributed by atoms with van der Waals surface area (Å²) in [5, 5.41) is 3.68. The number of unbranched alkanes of at least 4 members (excludes halogenated alkanes) is 4. The summed E-state index contributed by atoms with van der Waals surface area (Å²) < 4.78 is 1.16. The van der Waals surface area contributed by atoms with Crippen molar-refractivity contribution in [3.63, 3.8) is 0 Å². The molecule has 21 heavy (non-hydrogen) atoms. The second-order valence-electron chi connectivity index (χ2n) is 7.08. The van der Waals surface area contributed by atoms with Crippen molar-refractivity contribution in [2.75, 3.05) is 6.54 Å².